The summed E-state index contributed by atoms with van der Waals surface area (Å²) in [5.74, 6) is -0.685. The van der Waals surface area contributed by atoms with Crippen LogP contribution in [-0.4, -0.2) is 80.5 Å². The van der Waals surface area contributed by atoms with Crippen molar-refractivity contribution in [3.63, 3.8) is 0 Å². The van der Waals surface area contributed by atoms with E-state index >= 15 is 8.78 Å². The molecule has 1 aromatic heterocycles. The summed E-state index contributed by atoms with van der Waals surface area (Å²) in [4.78, 5) is 41.4. The number of halogens is 2. The third-order valence-corrected chi connectivity index (χ3v) is 7.11. The Morgan fingerprint density at radius 3 is 2.38 bits per heavy atom. The number of anilines is 3. The molecule has 0 atom stereocenters. The number of nitrogens with one attached hydrogen (secondary N) is 2. The SMILES string of the molecule is CN=CC(=CN)c1cc2nc(-c3ccc(NC(=O)Nc4ccc(C(=O)N(C)C)cc4)c(F)c3)nc(N3CCOCC3)c2cc1F. The zero-order chi connectivity index (χ0) is 32.1. The van der Waals surface area contributed by atoms with E-state index in [1.807, 2.05) is 4.90 Å². The third kappa shape index (κ3) is 6.88. The van der Waals surface area contributed by atoms with E-state index in [1.54, 1.807) is 57.5 Å². The number of urea groups is 1. The van der Waals surface area contributed by atoms with E-state index in [-0.39, 0.29) is 23.0 Å². The van der Waals surface area contributed by atoms with Crippen molar-refractivity contribution >= 4 is 51.8 Å². The van der Waals surface area contributed by atoms with Crippen LogP contribution >= 0.6 is 0 Å². The summed E-state index contributed by atoms with van der Waals surface area (Å²) in [6.45, 7) is 2.02. The quantitative estimate of drug-likeness (QED) is 0.255. The Morgan fingerprint density at radius 1 is 1.00 bits per heavy atom. The molecule has 3 aromatic carbocycles. The van der Waals surface area contributed by atoms with Gasteiger partial charge in [-0.05, 0) is 54.6 Å². The number of fused-ring (bicyclic) bond motifs is 1. The number of ether oxygens (including phenoxy) is 1. The molecule has 5 rings (SSSR count). The second-order valence-electron chi connectivity index (χ2n) is 10.4. The van der Waals surface area contributed by atoms with Gasteiger partial charge in [-0.1, -0.05) is 0 Å². The monoisotopic (exact) mass is 614 g/mol. The van der Waals surface area contributed by atoms with Crippen molar-refractivity contribution in [1.29, 1.82) is 0 Å². The van der Waals surface area contributed by atoms with Crippen molar-refractivity contribution in [3.8, 4) is 11.4 Å². The highest BCUT2D eigenvalue weighted by atomic mass is 19.1. The number of amides is 3. The molecule has 0 radical (unpaired) electrons. The number of benzene rings is 3. The van der Waals surface area contributed by atoms with Gasteiger partial charge in [-0.15, -0.1) is 0 Å². The number of allylic oxidation sites excluding steroid dienone is 1. The minimum Gasteiger partial charge on any atom is -0.404 e. The lowest BCUT2D eigenvalue weighted by atomic mass is 10.0. The van der Waals surface area contributed by atoms with Gasteiger partial charge in [-0.25, -0.2) is 23.5 Å². The van der Waals surface area contributed by atoms with E-state index in [4.69, 9.17) is 15.5 Å². The molecule has 0 spiro atoms. The first-order valence-electron chi connectivity index (χ1n) is 14.1. The van der Waals surface area contributed by atoms with Crippen LogP contribution in [0.3, 0.4) is 0 Å². The Bertz CT molecular complexity index is 1800. The number of rotatable bonds is 7. The Labute approximate surface area is 258 Å². The summed E-state index contributed by atoms with van der Waals surface area (Å²) in [7, 11) is 4.85. The maximum Gasteiger partial charge on any atom is 0.323 e. The summed E-state index contributed by atoms with van der Waals surface area (Å²) in [6, 6.07) is 12.8. The number of carbonyl (C=O) groups excluding carboxylic acids is 2. The van der Waals surface area contributed by atoms with Crippen LogP contribution in [0.4, 0.5) is 30.8 Å². The van der Waals surface area contributed by atoms with E-state index in [0.29, 0.717) is 65.4 Å². The van der Waals surface area contributed by atoms with Crippen LogP contribution in [0.5, 0.6) is 0 Å². The Kier molecular flexibility index (Phi) is 9.28. The largest absolute Gasteiger partial charge is 0.404 e. The molecule has 1 aliphatic rings. The fraction of sp³-hybridized carbons (Fsp3) is 0.219. The number of hydrogen-bond donors (Lipinski definition) is 3. The molecule has 0 aliphatic carbocycles. The second-order valence-corrected chi connectivity index (χ2v) is 10.4. The number of aliphatic imine (C=N–C) groups is 1. The average molecular weight is 615 g/mol. The van der Waals surface area contributed by atoms with Crippen molar-refractivity contribution in [2.24, 2.45) is 10.7 Å². The van der Waals surface area contributed by atoms with Gasteiger partial charge in [0, 0.05) is 80.0 Å². The normalized spacial score (nSPS) is 13.7. The van der Waals surface area contributed by atoms with Crippen LogP contribution in [0.2, 0.25) is 0 Å². The van der Waals surface area contributed by atoms with Gasteiger partial charge in [0.05, 0.1) is 24.4 Å². The standard InChI is InChI=1S/C32H32F2N8O3/c1-36-18-21(17-35)23-16-28-24(15-25(23)33)30(42-10-12-45-13-11-42)40-29(38-28)20-6-9-27(26(34)14-20)39-32(44)37-22-7-4-19(5-8-22)31(43)41(2)3/h4-9,14-18H,10-13,35H2,1-3H3,(H2,37,39,44). The van der Waals surface area contributed by atoms with Gasteiger partial charge in [0.25, 0.3) is 5.91 Å². The minimum absolute atomic E-state index is 0.0641. The van der Waals surface area contributed by atoms with Gasteiger partial charge >= 0.3 is 6.03 Å². The van der Waals surface area contributed by atoms with E-state index in [2.05, 4.69) is 20.6 Å². The van der Waals surface area contributed by atoms with Gasteiger partial charge < -0.3 is 30.9 Å². The zero-order valence-electron chi connectivity index (χ0n) is 25.0. The van der Waals surface area contributed by atoms with Crippen LogP contribution in [0.1, 0.15) is 15.9 Å². The number of carbonyl (C=O) groups is 2. The molecule has 13 heteroatoms. The van der Waals surface area contributed by atoms with E-state index in [9.17, 15) is 9.59 Å². The van der Waals surface area contributed by atoms with Gasteiger partial charge in [0.1, 0.15) is 17.5 Å². The maximum absolute atomic E-state index is 15.3. The fourth-order valence-electron chi connectivity index (χ4n) is 4.84. The van der Waals surface area contributed by atoms with Gasteiger partial charge in [-0.3, -0.25) is 9.79 Å². The maximum atomic E-state index is 15.3. The number of morpholine rings is 1. The molecular weight excluding hydrogens is 582 g/mol. The highest BCUT2D eigenvalue weighted by molar-refractivity contribution is 6.11. The summed E-state index contributed by atoms with van der Waals surface area (Å²) in [5, 5.41) is 5.60. The molecule has 2 heterocycles. The molecule has 1 saturated heterocycles. The average Bonchev–Trinajstić information content (AvgIpc) is 3.04. The molecule has 1 aliphatic heterocycles. The van der Waals surface area contributed by atoms with E-state index in [1.165, 1.54) is 35.5 Å². The third-order valence-electron chi connectivity index (χ3n) is 7.11. The molecule has 0 unspecified atom stereocenters. The molecule has 0 bridgehead atoms. The molecule has 1 fully saturated rings. The smallest absolute Gasteiger partial charge is 0.323 e. The lowest BCUT2D eigenvalue weighted by molar-refractivity contribution is 0.0827. The number of nitrogens with zero attached hydrogens (tertiary/aromatic N) is 5. The van der Waals surface area contributed by atoms with Crippen molar-refractivity contribution in [3.05, 3.63) is 83.6 Å². The van der Waals surface area contributed by atoms with Crippen LogP contribution in [-0.2, 0) is 4.74 Å². The number of hydrogen-bond acceptors (Lipinski definition) is 8. The molecule has 232 valence electrons. The highest BCUT2D eigenvalue weighted by Crippen LogP contribution is 2.32. The zero-order valence-corrected chi connectivity index (χ0v) is 25.0. The second kappa shape index (κ2) is 13.5. The Balaban J connectivity index is 1.44. The molecule has 4 N–H and O–H groups in total. The lowest BCUT2D eigenvalue weighted by Crippen LogP contribution is -2.37. The van der Waals surface area contributed by atoms with Crippen LogP contribution in [0.15, 0.2) is 65.8 Å². The number of nitrogens with two attached hydrogens (primary N) is 1. The van der Waals surface area contributed by atoms with Crippen LogP contribution in [0.25, 0.3) is 27.9 Å². The molecule has 11 nitrogen and oxygen atoms in total. The van der Waals surface area contributed by atoms with E-state index in [0.717, 1.165) is 0 Å². The predicted octanol–water partition coefficient (Wildman–Crippen LogP) is 4.76. The van der Waals surface area contributed by atoms with Gasteiger partial charge in [-0.2, -0.15) is 0 Å². The Hall–Kier alpha value is -5.43. The fourth-order valence-corrected chi connectivity index (χ4v) is 4.84. The number of aromatic nitrogens is 2. The van der Waals surface area contributed by atoms with Gasteiger partial charge in [0.2, 0.25) is 0 Å². The highest BCUT2D eigenvalue weighted by Gasteiger charge is 2.21. The summed E-state index contributed by atoms with van der Waals surface area (Å²) < 4.78 is 36.1. The Morgan fingerprint density at radius 2 is 1.73 bits per heavy atom. The minimum atomic E-state index is -0.710. The first-order valence-corrected chi connectivity index (χ1v) is 14.1. The summed E-state index contributed by atoms with van der Waals surface area (Å²) in [6.07, 6.45) is 2.72. The van der Waals surface area contributed by atoms with Gasteiger partial charge in [0.15, 0.2) is 5.82 Å². The molecule has 4 aromatic rings. The topological polar surface area (TPSA) is 138 Å². The van der Waals surface area contributed by atoms with Crippen molar-refractivity contribution in [2.45, 2.75) is 0 Å². The summed E-state index contributed by atoms with van der Waals surface area (Å²) >= 11 is 0. The van der Waals surface area contributed by atoms with Crippen LogP contribution < -0.4 is 21.3 Å². The molecule has 3 amide bonds. The van der Waals surface area contributed by atoms with Crippen LogP contribution in [0, 0.1) is 11.6 Å². The lowest BCUT2D eigenvalue weighted by Gasteiger charge is -2.29. The van der Waals surface area contributed by atoms with Crippen molar-refractivity contribution in [2.75, 3.05) is 63.0 Å². The van der Waals surface area contributed by atoms with E-state index < -0.39 is 17.7 Å². The predicted molar refractivity (Wildman–Crippen MR) is 172 cm³/mol. The molecule has 0 saturated carbocycles. The molecule has 45 heavy (non-hydrogen) atoms. The van der Waals surface area contributed by atoms with Crippen molar-refractivity contribution in [1.82, 2.24) is 14.9 Å². The van der Waals surface area contributed by atoms with Crippen molar-refractivity contribution < 1.29 is 23.1 Å². The first kappa shape index (κ1) is 31.0. The summed E-state index contributed by atoms with van der Waals surface area (Å²) in [5.41, 5.74) is 7.94. The molecular formula is C32H32F2N8O3. The first-order chi connectivity index (χ1) is 21.7.